The van der Waals surface area contributed by atoms with E-state index in [-0.39, 0.29) is 19.1 Å². The summed E-state index contributed by atoms with van der Waals surface area (Å²) in [7, 11) is 2.98. The Morgan fingerprint density at radius 3 is 2.59 bits per heavy atom. The zero-order chi connectivity index (χ0) is 21.1. The van der Waals surface area contributed by atoms with E-state index < -0.39 is 11.8 Å². The van der Waals surface area contributed by atoms with Gasteiger partial charge in [-0.05, 0) is 36.6 Å². The van der Waals surface area contributed by atoms with Gasteiger partial charge in [-0.15, -0.1) is 0 Å². The monoisotopic (exact) mass is 406 g/mol. The molecule has 10 heteroatoms. The Labute approximate surface area is 169 Å². The highest BCUT2D eigenvalue weighted by Crippen LogP contribution is 2.27. The molecule has 0 unspecified atom stereocenters. The van der Waals surface area contributed by atoms with Crippen LogP contribution in [0.25, 0.3) is 0 Å². The van der Waals surface area contributed by atoms with Crippen LogP contribution in [0.3, 0.4) is 0 Å². The standard InChI is InChI=1S/C19H26N4O6/c1-27-10-7-20-18(25)19(26)22-21-12-14-5-6-15(16(11-14)28-2)29-13-17(24)23-8-3-4-9-23/h5-6,11-12H,3-4,7-10,13H2,1-2H3,(H,20,25)(H,22,26)/b21-12-. The Kier molecular flexibility index (Phi) is 8.90. The summed E-state index contributed by atoms with van der Waals surface area (Å²) in [6, 6.07) is 4.98. The third-order valence-electron chi connectivity index (χ3n) is 4.18. The van der Waals surface area contributed by atoms with Gasteiger partial charge in [0.1, 0.15) is 0 Å². The molecule has 158 valence electrons. The minimum atomic E-state index is -0.885. The van der Waals surface area contributed by atoms with Crippen LogP contribution in [0.4, 0.5) is 0 Å². The van der Waals surface area contributed by atoms with Crippen molar-refractivity contribution in [2.24, 2.45) is 5.10 Å². The smallest absolute Gasteiger partial charge is 0.329 e. The van der Waals surface area contributed by atoms with Gasteiger partial charge >= 0.3 is 11.8 Å². The zero-order valence-electron chi connectivity index (χ0n) is 16.6. The van der Waals surface area contributed by atoms with Crippen LogP contribution >= 0.6 is 0 Å². The van der Waals surface area contributed by atoms with Gasteiger partial charge in [0.2, 0.25) is 0 Å². The summed E-state index contributed by atoms with van der Waals surface area (Å²) in [5, 5.41) is 6.13. The van der Waals surface area contributed by atoms with E-state index in [1.165, 1.54) is 20.4 Å². The van der Waals surface area contributed by atoms with Crippen LogP contribution < -0.4 is 20.2 Å². The number of hydrazone groups is 1. The SMILES string of the molecule is COCCNC(=O)C(=O)N/N=C\c1ccc(OCC(=O)N2CCCC2)c(OC)c1. The average Bonchev–Trinajstić information content (AvgIpc) is 3.27. The molecule has 1 fully saturated rings. The lowest BCUT2D eigenvalue weighted by Crippen LogP contribution is -2.39. The molecule has 0 saturated carbocycles. The first-order valence-electron chi connectivity index (χ1n) is 9.24. The summed E-state index contributed by atoms with van der Waals surface area (Å²) in [4.78, 5) is 37.0. The van der Waals surface area contributed by atoms with Crippen molar-refractivity contribution in [2.75, 3.05) is 47.1 Å². The maximum absolute atomic E-state index is 12.1. The highest BCUT2D eigenvalue weighted by Gasteiger charge is 2.19. The number of hydrogen-bond donors (Lipinski definition) is 2. The molecule has 2 rings (SSSR count). The molecule has 1 saturated heterocycles. The van der Waals surface area contributed by atoms with Gasteiger partial charge in [-0.3, -0.25) is 14.4 Å². The number of likely N-dealkylation sites (tertiary alicyclic amines) is 1. The maximum Gasteiger partial charge on any atom is 0.329 e. The van der Waals surface area contributed by atoms with Gasteiger partial charge in [0.05, 0.1) is 19.9 Å². The van der Waals surface area contributed by atoms with E-state index in [0.29, 0.717) is 23.7 Å². The van der Waals surface area contributed by atoms with Crippen LogP contribution in [0.15, 0.2) is 23.3 Å². The third kappa shape index (κ3) is 7.07. The molecule has 0 atom stereocenters. The zero-order valence-corrected chi connectivity index (χ0v) is 16.6. The van der Waals surface area contributed by atoms with E-state index in [0.717, 1.165) is 25.9 Å². The number of carbonyl (C=O) groups excluding carboxylic acids is 3. The number of ether oxygens (including phenoxy) is 3. The fourth-order valence-corrected chi connectivity index (χ4v) is 2.64. The number of rotatable bonds is 9. The topological polar surface area (TPSA) is 119 Å². The first-order chi connectivity index (χ1) is 14.0. The molecule has 2 N–H and O–H groups in total. The van der Waals surface area contributed by atoms with E-state index >= 15 is 0 Å². The predicted molar refractivity (Wildman–Crippen MR) is 105 cm³/mol. The fourth-order valence-electron chi connectivity index (χ4n) is 2.64. The van der Waals surface area contributed by atoms with E-state index in [9.17, 15) is 14.4 Å². The molecule has 0 bridgehead atoms. The molecule has 1 aromatic carbocycles. The molecule has 1 aliphatic heterocycles. The lowest BCUT2D eigenvalue weighted by Gasteiger charge is -2.16. The van der Waals surface area contributed by atoms with Crippen LogP contribution in [0.5, 0.6) is 11.5 Å². The van der Waals surface area contributed by atoms with Crippen molar-refractivity contribution in [2.45, 2.75) is 12.8 Å². The first kappa shape index (κ1) is 22.2. The van der Waals surface area contributed by atoms with Gasteiger partial charge in [0.25, 0.3) is 5.91 Å². The minimum absolute atomic E-state index is 0.0540. The summed E-state index contributed by atoms with van der Waals surface area (Å²) < 4.78 is 15.7. The number of carbonyl (C=O) groups is 3. The highest BCUT2D eigenvalue weighted by atomic mass is 16.5. The van der Waals surface area contributed by atoms with Crippen molar-refractivity contribution < 1.29 is 28.6 Å². The van der Waals surface area contributed by atoms with Crippen molar-refractivity contribution in [1.82, 2.24) is 15.6 Å². The maximum atomic E-state index is 12.1. The highest BCUT2D eigenvalue weighted by molar-refractivity contribution is 6.35. The van der Waals surface area contributed by atoms with Crippen LogP contribution in [0, 0.1) is 0 Å². The molecule has 29 heavy (non-hydrogen) atoms. The molecule has 0 aliphatic carbocycles. The molecule has 1 aromatic rings. The molecule has 0 aromatic heterocycles. The second-order valence-electron chi connectivity index (χ2n) is 6.23. The van der Waals surface area contributed by atoms with Crippen molar-refractivity contribution in [3.8, 4) is 11.5 Å². The normalized spacial score (nSPS) is 13.4. The summed E-state index contributed by atoms with van der Waals surface area (Å²) in [6.45, 7) is 2.01. The lowest BCUT2D eigenvalue weighted by atomic mass is 10.2. The van der Waals surface area contributed by atoms with Gasteiger partial charge in [0, 0.05) is 26.7 Å². The predicted octanol–water partition coefficient (Wildman–Crippen LogP) is -0.0909. The Morgan fingerprint density at radius 2 is 1.90 bits per heavy atom. The van der Waals surface area contributed by atoms with Crippen LogP contribution in [0.1, 0.15) is 18.4 Å². The second-order valence-corrected chi connectivity index (χ2v) is 6.23. The number of nitrogens with one attached hydrogen (secondary N) is 2. The first-order valence-corrected chi connectivity index (χ1v) is 9.24. The number of methoxy groups -OCH3 is 2. The summed E-state index contributed by atoms with van der Waals surface area (Å²) in [5.74, 6) is -0.889. The minimum Gasteiger partial charge on any atom is -0.493 e. The van der Waals surface area contributed by atoms with Gasteiger partial charge in [0.15, 0.2) is 18.1 Å². The second kappa shape index (κ2) is 11.6. The molecule has 3 amide bonds. The van der Waals surface area contributed by atoms with Gasteiger partial charge in [-0.25, -0.2) is 5.43 Å². The fraction of sp³-hybridized carbons (Fsp3) is 0.474. The number of nitrogens with zero attached hydrogens (tertiary/aromatic N) is 2. The van der Waals surface area contributed by atoms with Crippen LogP contribution in [-0.4, -0.2) is 75.9 Å². The quantitative estimate of drug-likeness (QED) is 0.256. The molecule has 1 aliphatic rings. The Morgan fingerprint density at radius 1 is 1.14 bits per heavy atom. The Hall–Kier alpha value is -3.14. The molecule has 10 nitrogen and oxygen atoms in total. The van der Waals surface area contributed by atoms with Gasteiger partial charge < -0.3 is 24.4 Å². The Balaban J connectivity index is 1.86. The van der Waals surface area contributed by atoms with E-state index in [1.807, 2.05) is 0 Å². The Bertz CT molecular complexity index is 746. The average molecular weight is 406 g/mol. The van der Waals surface area contributed by atoms with Crippen LogP contribution in [-0.2, 0) is 19.1 Å². The molecule has 0 radical (unpaired) electrons. The lowest BCUT2D eigenvalue weighted by molar-refractivity contribution is -0.139. The van der Waals surface area contributed by atoms with Crippen molar-refractivity contribution >= 4 is 23.9 Å². The summed E-state index contributed by atoms with van der Waals surface area (Å²) in [5.41, 5.74) is 2.75. The van der Waals surface area contributed by atoms with E-state index in [1.54, 1.807) is 23.1 Å². The van der Waals surface area contributed by atoms with Gasteiger partial charge in [-0.2, -0.15) is 5.10 Å². The van der Waals surface area contributed by atoms with Crippen molar-refractivity contribution in [3.63, 3.8) is 0 Å². The molecular weight excluding hydrogens is 380 g/mol. The van der Waals surface area contributed by atoms with Crippen LogP contribution in [0.2, 0.25) is 0 Å². The third-order valence-corrected chi connectivity index (χ3v) is 4.18. The van der Waals surface area contributed by atoms with E-state index in [2.05, 4.69) is 15.8 Å². The summed E-state index contributed by atoms with van der Waals surface area (Å²) >= 11 is 0. The largest absolute Gasteiger partial charge is 0.493 e. The van der Waals surface area contributed by atoms with Crippen molar-refractivity contribution in [3.05, 3.63) is 23.8 Å². The summed E-state index contributed by atoms with van der Waals surface area (Å²) in [6.07, 6.45) is 3.41. The van der Waals surface area contributed by atoms with E-state index in [4.69, 9.17) is 14.2 Å². The number of amides is 3. The number of benzene rings is 1. The molecule has 1 heterocycles. The molecule has 0 spiro atoms. The van der Waals surface area contributed by atoms with Crippen molar-refractivity contribution in [1.29, 1.82) is 0 Å². The van der Waals surface area contributed by atoms with Gasteiger partial charge in [-0.1, -0.05) is 0 Å². The number of hydrogen-bond acceptors (Lipinski definition) is 7. The molecular formula is C19H26N4O6.